The zero-order valence-electron chi connectivity index (χ0n) is 20.4. The zero-order chi connectivity index (χ0) is 24.9. The van der Waals surface area contributed by atoms with Crippen molar-refractivity contribution in [1.29, 1.82) is 0 Å². The fourth-order valence-electron chi connectivity index (χ4n) is 4.17. The molecule has 1 aliphatic carbocycles. The van der Waals surface area contributed by atoms with Gasteiger partial charge in [-0.15, -0.1) is 11.3 Å². The van der Waals surface area contributed by atoms with Crippen LogP contribution in [0.2, 0.25) is 0 Å². The molecule has 0 radical (unpaired) electrons. The molecule has 0 spiro atoms. The third-order valence-electron chi connectivity index (χ3n) is 6.30. The van der Waals surface area contributed by atoms with E-state index in [1.807, 2.05) is 18.3 Å². The second-order valence-electron chi connectivity index (χ2n) is 9.42. The molecular weight excluding hydrogens is 473 g/mol. The van der Waals surface area contributed by atoms with Crippen molar-refractivity contribution in [1.82, 2.24) is 15.3 Å². The van der Waals surface area contributed by atoms with Crippen LogP contribution in [0.5, 0.6) is 11.5 Å². The molecule has 0 aliphatic heterocycles. The van der Waals surface area contributed by atoms with E-state index in [2.05, 4.69) is 28.3 Å². The van der Waals surface area contributed by atoms with Gasteiger partial charge in [0.1, 0.15) is 11.5 Å². The fourth-order valence-corrected chi connectivity index (χ4v) is 5.22. The van der Waals surface area contributed by atoms with Gasteiger partial charge in [0.25, 0.3) is 0 Å². The first-order chi connectivity index (χ1) is 17.6. The average Bonchev–Trinajstić information content (AvgIpc) is 3.57. The first-order valence-corrected chi connectivity index (χ1v) is 13.4. The number of nitrogens with one attached hydrogen (secondary N) is 1. The molecule has 5 nitrogen and oxygen atoms in total. The second kappa shape index (κ2) is 11.3. The van der Waals surface area contributed by atoms with Crippen molar-refractivity contribution in [2.45, 2.75) is 45.4 Å². The van der Waals surface area contributed by atoms with Crippen LogP contribution >= 0.6 is 11.3 Å². The maximum Gasteiger partial charge on any atom is 0.166 e. The van der Waals surface area contributed by atoms with Gasteiger partial charge in [-0.2, -0.15) is 0 Å². The number of ether oxygens (including phenoxy) is 1. The minimum atomic E-state index is -0.473. The molecular formula is C29H30FN3O2S. The summed E-state index contributed by atoms with van der Waals surface area (Å²) in [6, 6.07) is 12.6. The molecule has 0 amide bonds. The second-order valence-corrected chi connectivity index (χ2v) is 10.5. The molecule has 1 saturated carbocycles. The molecule has 1 N–H and O–H groups in total. The third-order valence-corrected chi connectivity index (χ3v) is 7.46. The van der Waals surface area contributed by atoms with Gasteiger partial charge in [0.15, 0.2) is 11.6 Å². The molecule has 5 rings (SSSR count). The Kier molecular flexibility index (Phi) is 7.68. The minimum Gasteiger partial charge on any atom is -0.453 e. The van der Waals surface area contributed by atoms with E-state index in [9.17, 15) is 9.18 Å². The molecule has 1 aliphatic rings. The van der Waals surface area contributed by atoms with Gasteiger partial charge >= 0.3 is 0 Å². The third kappa shape index (κ3) is 6.15. The number of benzene rings is 1. The summed E-state index contributed by atoms with van der Waals surface area (Å²) in [6.45, 7) is 4.13. The highest BCUT2D eigenvalue weighted by Gasteiger charge is 2.24. The normalized spacial score (nSPS) is 13.3. The standard InChI is InChI=1S/C29H30FN3O2S/c1-2-11-31-12-9-20-5-7-24(33-18-20)28-17-25-29(36-28)27(10-13-32-25)35-26-8-6-21(16-23(26)30)15-22(34)14-19-3-4-19/h5-8,10,13,16-19,31H,2-4,9,11-12,14-15H2,1H3. The van der Waals surface area contributed by atoms with Crippen molar-refractivity contribution in [3.8, 4) is 22.1 Å². The number of carbonyl (C=O) groups excluding carboxylic acids is 1. The first kappa shape index (κ1) is 24.5. The molecule has 1 aromatic carbocycles. The van der Waals surface area contributed by atoms with Gasteiger partial charge in [0.2, 0.25) is 0 Å². The van der Waals surface area contributed by atoms with Crippen LogP contribution in [0.15, 0.2) is 54.9 Å². The van der Waals surface area contributed by atoms with Crippen molar-refractivity contribution >= 4 is 27.3 Å². The van der Waals surface area contributed by atoms with Gasteiger partial charge in [-0.25, -0.2) is 4.39 Å². The van der Waals surface area contributed by atoms with E-state index in [-0.39, 0.29) is 18.0 Å². The summed E-state index contributed by atoms with van der Waals surface area (Å²) in [5.41, 5.74) is 3.53. The van der Waals surface area contributed by atoms with Crippen LogP contribution in [-0.2, 0) is 17.6 Å². The number of hydrogen-bond acceptors (Lipinski definition) is 6. The molecule has 0 unspecified atom stereocenters. The topological polar surface area (TPSA) is 64.1 Å². The molecule has 3 heterocycles. The minimum absolute atomic E-state index is 0.134. The first-order valence-electron chi connectivity index (χ1n) is 12.6. The van der Waals surface area contributed by atoms with Crippen LogP contribution in [0.3, 0.4) is 0 Å². The van der Waals surface area contributed by atoms with Gasteiger partial charge < -0.3 is 10.1 Å². The lowest BCUT2D eigenvalue weighted by atomic mass is 10.0. The number of Topliss-reactive ketones (excluding diaryl/α,β-unsaturated/α-hetero) is 1. The number of fused-ring (bicyclic) bond motifs is 1. The molecule has 0 bridgehead atoms. The average molecular weight is 504 g/mol. The number of halogens is 1. The van der Waals surface area contributed by atoms with Gasteiger partial charge in [-0.05, 0) is 80.1 Å². The Morgan fingerprint density at radius 1 is 1.08 bits per heavy atom. The van der Waals surface area contributed by atoms with E-state index in [0.29, 0.717) is 23.7 Å². The molecule has 0 atom stereocenters. The lowest BCUT2D eigenvalue weighted by Crippen LogP contribution is -2.17. The Morgan fingerprint density at radius 3 is 2.69 bits per heavy atom. The van der Waals surface area contributed by atoms with Crippen LogP contribution < -0.4 is 10.1 Å². The predicted molar refractivity (Wildman–Crippen MR) is 142 cm³/mol. The summed E-state index contributed by atoms with van der Waals surface area (Å²) in [7, 11) is 0. The van der Waals surface area contributed by atoms with E-state index in [4.69, 9.17) is 4.74 Å². The number of pyridine rings is 2. The van der Waals surface area contributed by atoms with E-state index < -0.39 is 5.82 Å². The van der Waals surface area contributed by atoms with Crippen LogP contribution in [0.1, 0.15) is 43.7 Å². The fraction of sp³-hybridized carbons (Fsp3) is 0.345. The van der Waals surface area contributed by atoms with Gasteiger partial charge in [-0.1, -0.05) is 19.1 Å². The quantitative estimate of drug-likeness (QED) is 0.217. The Morgan fingerprint density at radius 2 is 1.94 bits per heavy atom. The molecule has 1 fully saturated rings. The van der Waals surface area contributed by atoms with E-state index >= 15 is 0 Å². The van der Waals surface area contributed by atoms with E-state index in [1.54, 1.807) is 24.4 Å². The largest absolute Gasteiger partial charge is 0.453 e. The van der Waals surface area contributed by atoms with Crippen LogP contribution in [-0.4, -0.2) is 28.8 Å². The maximum absolute atomic E-state index is 14.8. The van der Waals surface area contributed by atoms with Crippen molar-refractivity contribution in [3.05, 3.63) is 71.8 Å². The van der Waals surface area contributed by atoms with Crippen molar-refractivity contribution < 1.29 is 13.9 Å². The summed E-state index contributed by atoms with van der Waals surface area (Å²) in [5, 5.41) is 3.41. The lowest BCUT2D eigenvalue weighted by molar-refractivity contribution is -0.118. The SMILES string of the molecule is CCCNCCc1ccc(-c2cc3nccc(Oc4ccc(CC(=O)CC5CC5)cc4F)c3s2)nc1. The Bertz CT molecular complexity index is 1350. The molecule has 3 aromatic heterocycles. The van der Waals surface area contributed by atoms with Crippen molar-refractivity contribution in [3.63, 3.8) is 0 Å². The Balaban J connectivity index is 1.29. The smallest absolute Gasteiger partial charge is 0.166 e. The Labute approximate surface area is 214 Å². The Hall–Kier alpha value is -3.16. The van der Waals surface area contributed by atoms with Crippen molar-refractivity contribution in [2.24, 2.45) is 5.92 Å². The monoisotopic (exact) mass is 503 g/mol. The molecule has 7 heteroatoms. The molecule has 186 valence electrons. The number of thiophene rings is 1. The lowest BCUT2D eigenvalue weighted by Gasteiger charge is -2.09. The number of ketones is 1. The van der Waals surface area contributed by atoms with E-state index in [0.717, 1.165) is 59.6 Å². The highest BCUT2D eigenvalue weighted by atomic mass is 32.1. The summed E-state index contributed by atoms with van der Waals surface area (Å²) >= 11 is 1.53. The number of rotatable bonds is 12. The van der Waals surface area contributed by atoms with Crippen LogP contribution in [0, 0.1) is 11.7 Å². The van der Waals surface area contributed by atoms with Crippen molar-refractivity contribution in [2.75, 3.05) is 13.1 Å². The summed E-state index contributed by atoms with van der Waals surface area (Å²) in [5.74, 6) is 0.915. The number of carbonyl (C=O) groups is 1. The number of nitrogens with zero attached hydrogens (tertiary/aromatic N) is 2. The molecule has 0 saturated heterocycles. The number of aromatic nitrogens is 2. The highest BCUT2D eigenvalue weighted by molar-refractivity contribution is 7.22. The van der Waals surface area contributed by atoms with Gasteiger partial charge in [0.05, 0.1) is 20.8 Å². The van der Waals surface area contributed by atoms with E-state index in [1.165, 1.54) is 23.0 Å². The van der Waals surface area contributed by atoms with Crippen LogP contribution in [0.25, 0.3) is 20.8 Å². The molecule has 36 heavy (non-hydrogen) atoms. The molecule has 4 aromatic rings. The summed E-state index contributed by atoms with van der Waals surface area (Å²) < 4.78 is 21.6. The highest BCUT2D eigenvalue weighted by Crippen LogP contribution is 2.39. The predicted octanol–water partition coefficient (Wildman–Crippen LogP) is 6.74. The number of hydrogen-bond donors (Lipinski definition) is 1. The maximum atomic E-state index is 14.8. The van der Waals surface area contributed by atoms with Crippen LogP contribution in [0.4, 0.5) is 4.39 Å². The van der Waals surface area contributed by atoms with Gasteiger partial charge in [-0.3, -0.25) is 14.8 Å². The summed E-state index contributed by atoms with van der Waals surface area (Å²) in [4.78, 5) is 22.2. The van der Waals surface area contributed by atoms with Gasteiger partial charge in [0, 0.05) is 31.3 Å². The zero-order valence-corrected chi connectivity index (χ0v) is 21.2. The summed E-state index contributed by atoms with van der Waals surface area (Å²) in [6.07, 6.45) is 8.79.